The number of rotatable bonds is 4. The van der Waals surface area contributed by atoms with E-state index in [1.165, 1.54) is 0 Å². The predicted octanol–water partition coefficient (Wildman–Crippen LogP) is 1.11. The Bertz CT molecular complexity index is 552. The van der Waals surface area contributed by atoms with Crippen molar-refractivity contribution in [2.45, 2.75) is 11.8 Å². The molecule has 1 aromatic rings. The molecule has 6 heteroatoms. The van der Waals surface area contributed by atoms with Gasteiger partial charge in [-0.1, -0.05) is 28.1 Å². The van der Waals surface area contributed by atoms with Crippen LogP contribution in [0.15, 0.2) is 28.7 Å². The molecule has 1 atom stereocenters. The van der Waals surface area contributed by atoms with Gasteiger partial charge in [0.1, 0.15) is 0 Å². The van der Waals surface area contributed by atoms with E-state index in [0.29, 0.717) is 6.42 Å². The van der Waals surface area contributed by atoms with Gasteiger partial charge in [-0.25, -0.2) is 8.42 Å². The van der Waals surface area contributed by atoms with E-state index < -0.39 is 15.3 Å². The van der Waals surface area contributed by atoms with Crippen LogP contribution in [0, 0.1) is 5.92 Å². The lowest BCUT2D eigenvalue weighted by Gasteiger charge is -2.36. The fraction of sp³-hybridized carbons (Fsp3) is 0.538. The first-order valence-electron chi connectivity index (χ1n) is 6.12. The van der Waals surface area contributed by atoms with E-state index in [9.17, 15) is 18.6 Å². The molecular weight excluding hydrogens is 332 g/mol. The molecule has 1 heterocycles. The van der Waals surface area contributed by atoms with Crippen LogP contribution in [-0.4, -0.2) is 43.4 Å². The third-order valence-corrected chi connectivity index (χ3v) is 6.24. The normalized spacial score (nSPS) is 22.6. The Morgan fingerprint density at radius 3 is 2.47 bits per heavy atom. The topological polar surface area (TPSA) is 74.6 Å². The number of aliphatic hydroxyl groups excluding tert-OH is 2. The van der Waals surface area contributed by atoms with Gasteiger partial charge in [0.25, 0.3) is 0 Å². The Balaban J connectivity index is 2.43. The minimum absolute atomic E-state index is 0.0284. The Morgan fingerprint density at radius 1 is 1.32 bits per heavy atom. The standard InChI is InChI=1S/C13H17BrO4S/c14-12-3-1-2-10(6-12)13(8-15,9-16)11-4-5-19(17,18)7-11/h1-3,6,11,15-16H,4-5,7-9H2. The number of hydrogen-bond donors (Lipinski definition) is 2. The summed E-state index contributed by atoms with van der Waals surface area (Å²) < 4.78 is 24.1. The van der Waals surface area contributed by atoms with E-state index in [1.54, 1.807) is 0 Å². The third-order valence-electron chi connectivity index (χ3n) is 3.98. The van der Waals surface area contributed by atoms with Crippen molar-refractivity contribution >= 4 is 25.8 Å². The number of benzene rings is 1. The van der Waals surface area contributed by atoms with Gasteiger partial charge in [-0.3, -0.25) is 0 Å². The van der Waals surface area contributed by atoms with Crippen LogP contribution in [0.25, 0.3) is 0 Å². The van der Waals surface area contributed by atoms with Crippen LogP contribution in [0.3, 0.4) is 0 Å². The number of sulfone groups is 1. The Kier molecular flexibility index (Phi) is 4.35. The molecule has 19 heavy (non-hydrogen) atoms. The van der Waals surface area contributed by atoms with Crippen LogP contribution in [0.2, 0.25) is 0 Å². The average molecular weight is 349 g/mol. The summed E-state index contributed by atoms with van der Waals surface area (Å²) in [5, 5.41) is 19.6. The van der Waals surface area contributed by atoms with E-state index in [-0.39, 0.29) is 30.6 Å². The fourth-order valence-electron chi connectivity index (χ4n) is 2.76. The van der Waals surface area contributed by atoms with Gasteiger partial charge in [0.2, 0.25) is 0 Å². The Labute approximate surface area is 121 Å². The first-order valence-corrected chi connectivity index (χ1v) is 8.73. The van der Waals surface area contributed by atoms with Gasteiger partial charge in [-0.05, 0) is 30.0 Å². The van der Waals surface area contributed by atoms with Crippen molar-refractivity contribution in [3.05, 3.63) is 34.3 Å². The van der Waals surface area contributed by atoms with Gasteiger partial charge in [0.15, 0.2) is 9.84 Å². The number of aliphatic hydroxyl groups is 2. The zero-order valence-corrected chi connectivity index (χ0v) is 12.8. The highest BCUT2D eigenvalue weighted by atomic mass is 79.9. The molecule has 0 saturated carbocycles. The van der Waals surface area contributed by atoms with E-state index in [1.807, 2.05) is 24.3 Å². The van der Waals surface area contributed by atoms with Crippen molar-refractivity contribution in [3.8, 4) is 0 Å². The summed E-state index contributed by atoms with van der Waals surface area (Å²) in [7, 11) is -3.05. The maximum Gasteiger partial charge on any atom is 0.150 e. The molecule has 1 aliphatic rings. The molecule has 0 spiro atoms. The van der Waals surface area contributed by atoms with Gasteiger partial charge < -0.3 is 10.2 Å². The van der Waals surface area contributed by atoms with E-state index in [4.69, 9.17) is 0 Å². The molecule has 2 N–H and O–H groups in total. The molecule has 0 aromatic heterocycles. The Morgan fingerprint density at radius 2 is 2.00 bits per heavy atom. The molecule has 1 saturated heterocycles. The first kappa shape index (κ1) is 15.0. The SMILES string of the molecule is O=S1(=O)CCC(C(CO)(CO)c2cccc(Br)c2)C1. The van der Waals surface area contributed by atoms with Crippen LogP contribution < -0.4 is 0 Å². The van der Waals surface area contributed by atoms with Crippen molar-refractivity contribution in [1.82, 2.24) is 0 Å². The molecule has 0 bridgehead atoms. The summed E-state index contributed by atoms with van der Waals surface area (Å²) in [6, 6.07) is 7.33. The molecule has 1 fully saturated rings. The molecule has 1 unspecified atom stereocenters. The molecular formula is C13H17BrO4S. The number of halogens is 1. The van der Waals surface area contributed by atoms with Crippen molar-refractivity contribution in [3.63, 3.8) is 0 Å². The molecule has 2 rings (SSSR count). The highest BCUT2D eigenvalue weighted by Gasteiger charge is 2.45. The second-order valence-electron chi connectivity index (χ2n) is 5.08. The molecule has 1 aliphatic heterocycles. The second-order valence-corrected chi connectivity index (χ2v) is 8.23. The van der Waals surface area contributed by atoms with Crippen molar-refractivity contribution < 1.29 is 18.6 Å². The van der Waals surface area contributed by atoms with Crippen LogP contribution in [0.1, 0.15) is 12.0 Å². The van der Waals surface area contributed by atoms with Crippen LogP contribution in [0.4, 0.5) is 0 Å². The summed E-state index contributed by atoms with van der Waals surface area (Å²) in [5.74, 6) is -0.0876. The summed E-state index contributed by atoms with van der Waals surface area (Å²) in [6.07, 6.45) is 0.482. The third kappa shape index (κ3) is 2.86. The lowest BCUT2D eigenvalue weighted by Crippen LogP contribution is -2.43. The summed E-state index contributed by atoms with van der Waals surface area (Å²) in [5.41, 5.74) is -0.123. The smallest absolute Gasteiger partial charge is 0.150 e. The zero-order valence-electron chi connectivity index (χ0n) is 10.4. The van der Waals surface area contributed by atoms with E-state index in [0.717, 1.165) is 10.0 Å². The summed E-state index contributed by atoms with van der Waals surface area (Å²) in [6.45, 7) is -0.528. The maximum atomic E-state index is 11.6. The van der Waals surface area contributed by atoms with E-state index >= 15 is 0 Å². The monoisotopic (exact) mass is 348 g/mol. The van der Waals surface area contributed by atoms with Crippen molar-refractivity contribution in [1.29, 1.82) is 0 Å². The molecule has 0 amide bonds. The minimum atomic E-state index is -3.05. The van der Waals surface area contributed by atoms with Gasteiger partial charge in [0, 0.05) is 9.89 Å². The maximum absolute atomic E-state index is 11.6. The highest BCUT2D eigenvalue weighted by Crippen LogP contribution is 2.39. The number of hydrogen-bond acceptors (Lipinski definition) is 4. The highest BCUT2D eigenvalue weighted by molar-refractivity contribution is 9.10. The zero-order chi connectivity index (χ0) is 14.1. The average Bonchev–Trinajstić information content (AvgIpc) is 2.73. The molecule has 106 valence electrons. The van der Waals surface area contributed by atoms with Gasteiger partial charge in [-0.15, -0.1) is 0 Å². The molecule has 0 aliphatic carbocycles. The molecule has 1 aromatic carbocycles. The lowest BCUT2D eigenvalue weighted by atomic mass is 9.71. The van der Waals surface area contributed by atoms with Crippen molar-refractivity contribution in [2.24, 2.45) is 5.92 Å². The van der Waals surface area contributed by atoms with E-state index in [2.05, 4.69) is 15.9 Å². The summed E-state index contributed by atoms with van der Waals surface area (Å²) >= 11 is 3.36. The predicted molar refractivity (Wildman–Crippen MR) is 76.8 cm³/mol. The summed E-state index contributed by atoms with van der Waals surface area (Å²) in [4.78, 5) is 0. The molecule has 4 nitrogen and oxygen atoms in total. The van der Waals surface area contributed by atoms with Crippen molar-refractivity contribution in [2.75, 3.05) is 24.7 Å². The van der Waals surface area contributed by atoms with Gasteiger partial charge >= 0.3 is 0 Å². The van der Waals surface area contributed by atoms with Gasteiger partial charge in [0.05, 0.1) is 24.7 Å². The Hall–Kier alpha value is -0.430. The quantitative estimate of drug-likeness (QED) is 0.854. The first-order chi connectivity index (χ1) is 8.93. The second kappa shape index (κ2) is 5.52. The van der Waals surface area contributed by atoms with Crippen LogP contribution >= 0.6 is 15.9 Å². The largest absolute Gasteiger partial charge is 0.395 e. The fourth-order valence-corrected chi connectivity index (χ4v) is 5.06. The molecule has 0 radical (unpaired) electrons. The van der Waals surface area contributed by atoms with Crippen LogP contribution in [0.5, 0.6) is 0 Å². The van der Waals surface area contributed by atoms with Crippen LogP contribution in [-0.2, 0) is 15.3 Å². The van der Waals surface area contributed by atoms with Gasteiger partial charge in [-0.2, -0.15) is 0 Å². The minimum Gasteiger partial charge on any atom is -0.395 e. The lowest BCUT2D eigenvalue weighted by molar-refractivity contribution is 0.0774.